The largest absolute Gasteiger partial charge is 0.673 e. The second-order valence-electron chi connectivity index (χ2n) is 9.34. The van der Waals surface area contributed by atoms with Gasteiger partial charge in [-0.25, -0.2) is 0 Å². The summed E-state index contributed by atoms with van der Waals surface area (Å²) in [6.07, 6.45) is 0. The van der Waals surface area contributed by atoms with Crippen molar-refractivity contribution < 1.29 is 21.8 Å². The zero-order valence-electron chi connectivity index (χ0n) is 21.6. The van der Waals surface area contributed by atoms with E-state index in [2.05, 4.69) is 150 Å². The Labute approximate surface area is 231 Å². The fourth-order valence-electron chi connectivity index (χ4n) is 4.88. The van der Waals surface area contributed by atoms with E-state index in [0.717, 1.165) is 6.54 Å². The number of hydrogen-bond donors (Lipinski definition) is 0. The van der Waals surface area contributed by atoms with Crippen molar-refractivity contribution in [1.82, 2.24) is 0 Å². The van der Waals surface area contributed by atoms with Crippen LogP contribution in [0.15, 0.2) is 146 Å². The molecule has 0 fully saturated rings. The van der Waals surface area contributed by atoms with E-state index in [9.17, 15) is 17.3 Å². The Balaban J connectivity index is 0.000000595. The maximum atomic E-state index is 9.75. The average molecular weight is 535 g/mol. The van der Waals surface area contributed by atoms with Gasteiger partial charge in [0, 0.05) is 23.3 Å². The molecule has 0 amide bonds. The van der Waals surface area contributed by atoms with Gasteiger partial charge in [-0.05, 0) is 40.1 Å². The molecular weight excluding hydrogens is 509 g/mol. The fraction of sp³-hybridized carbons (Fsp3) is 0.0294. The van der Waals surface area contributed by atoms with Crippen LogP contribution in [0.2, 0.25) is 0 Å². The maximum absolute atomic E-state index is 9.75. The Kier molecular flexibility index (Phi) is 8.06. The quantitative estimate of drug-likeness (QED) is 0.118. The lowest BCUT2D eigenvalue weighted by Crippen LogP contribution is -2.39. The molecule has 6 aromatic rings. The number of pyridine rings is 1. The molecule has 0 spiro atoms. The van der Waals surface area contributed by atoms with Crippen LogP contribution in [-0.2, 0) is 6.54 Å². The van der Waals surface area contributed by atoms with Crippen molar-refractivity contribution in [2.24, 2.45) is 0 Å². The molecule has 40 heavy (non-hydrogen) atoms. The van der Waals surface area contributed by atoms with Gasteiger partial charge in [-0.1, -0.05) is 115 Å². The van der Waals surface area contributed by atoms with Gasteiger partial charge in [-0.2, -0.15) is 4.57 Å². The summed E-state index contributed by atoms with van der Waals surface area (Å²) in [5.41, 5.74) is 8.60. The number of fused-ring (bicyclic) bond motifs is 1. The summed E-state index contributed by atoms with van der Waals surface area (Å²) in [5.74, 6) is 0. The lowest BCUT2D eigenvalue weighted by molar-refractivity contribution is -0.666. The van der Waals surface area contributed by atoms with Crippen molar-refractivity contribution in [3.05, 3.63) is 151 Å². The van der Waals surface area contributed by atoms with Gasteiger partial charge in [0.05, 0.1) is 5.56 Å². The molecule has 5 aromatic carbocycles. The molecule has 0 atom stereocenters. The van der Waals surface area contributed by atoms with E-state index in [0.29, 0.717) is 0 Å². The molecule has 0 saturated carbocycles. The van der Waals surface area contributed by atoms with Gasteiger partial charge < -0.3 is 17.3 Å². The Hall–Kier alpha value is -4.71. The lowest BCUT2D eigenvalue weighted by Gasteiger charge is -2.14. The molecule has 0 unspecified atom stereocenters. The van der Waals surface area contributed by atoms with Crippen molar-refractivity contribution in [3.63, 3.8) is 0 Å². The summed E-state index contributed by atoms with van der Waals surface area (Å²) in [4.78, 5) is 0. The molecule has 0 radical (unpaired) electrons. The third-order valence-electron chi connectivity index (χ3n) is 6.59. The average Bonchev–Trinajstić information content (AvgIpc) is 2.97. The fourth-order valence-corrected chi connectivity index (χ4v) is 4.88. The highest BCUT2D eigenvalue weighted by Gasteiger charge is 2.24. The standard InChI is InChI=1S/C34H26N.BF4/c1-4-13-26(14-5-1)25-35-33(29-18-8-3-9-19-29)23-30(27-15-6-2-7-16-27)24-34(35)32-22-12-20-28-17-10-11-21-31(28)32;2-1(3,4)5/h1-24H,25H2;/q+1;-1. The molecule has 1 heterocycles. The van der Waals surface area contributed by atoms with Gasteiger partial charge in [0.2, 0.25) is 11.4 Å². The highest BCUT2D eigenvalue weighted by atomic mass is 19.5. The van der Waals surface area contributed by atoms with Crippen LogP contribution in [0.1, 0.15) is 5.56 Å². The minimum atomic E-state index is -6.00. The van der Waals surface area contributed by atoms with E-state index in [1.54, 1.807) is 0 Å². The first-order valence-corrected chi connectivity index (χ1v) is 12.9. The topological polar surface area (TPSA) is 3.88 Å². The van der Waals surface area contributed by atoms with E-state index in [4.69, 9.17) is 0 Å². The molecule has 0 aliphatic rings. The Bertz CT molecular complexity index is 1690. The highest BCUT2D eigenvalue weighted by Crippen LogP contribution is 2.33. The maximum Gasteiger partial charge on any atom is 0.673 e. The molecule has 6 heteroatoms. The van der Waals surface area contributed by atoms with Crippen molar-refractivity contribution in [2.75, 3.05) is 0 Å². The van der Waals surface area contributed by atoms with Gasteiger partial charge >= 0.3 is 7.25 Å². The Morgan fingerprint density at radius 2 is 0.975 bits per heavy atom. The highest BCUT2D eigenvalue weighted by molar-refractivity contribution is 6.50. The number of rotatable bonds is 5. The molecule has 1 aromatic heterocycles. The molecule has 0 aliphatic carbocycles. The number of aromatic nitrogens is 1. The molecule has 0 bridgehead atoms. The van der Waals surface area contributed by atoms with Gasteiger partial charge in [-0.3, -0.25) is 0 Å². The summed E-state index contributed by atoms with van der Waals surface area (Å²) >= 11 is 0. The van der Waals surface area contributed by atoms with Crippen LogP contribution in [-0.4, -0.2) is 7.25 Å². The van der Waals surface area contributed by atoms with Crippen molar-refractivity contribution in [2.45, 2.75) is 6.54 Å². The second-order valence-corrected chi connectivity index (χ2v) is 9.34. The zero-order chi connectivity index (χ0) is 28.0. The van der Waals surface area contributed by atoms with Gasteiger partial charge in [0.25, 0.3) is 0 Å². The first-order valence-electron chi connectivity index (χ1n) is 12.9. The summed E-state index contributed by atoms with van der Waals surface area (Å²) < 4.78 is 41.5. The predicted molar refractivity (Wildman–Crippen MR) is 156 cm³/mol. The van der Waals surface area contributed by atoms with Gasteiger partial charge in [-0.15, -0.1) is 0 Å². The van der Waals surface area contributed by atoms with E-state index in [1.807, 2.05) is 0 Å². The van der Waals surface area contributed by atoms with Gasteiger partial charge in [0.15, 0.2) is 6.54 Å². The van der Waals surface area contributed by atoms with Crippen LogP contribution in [0.4, 0.5) is 17.3 Å². The van der Waals surface area contributed by atoms with E-state index < -0.39 is 7.25 Å². The van der Waals surface area contributed by atoms with Crippen LogP contribution in [0.3, 0.4) is 0 Å². The SMILES string of the molecule is F[B-](F)(F)F.c1ccc(C[n+]2c(-c3ccccc3)cc(-c3ccccc3)cc2-c2cccc3ccccc23)cc1. The molecule has 6 rings (SSSR count). The number of hydrogen-bond acceptors (Lipinski definition) is 0. The Morgan fingerprint density at radius 1 is 0.475 bits per heavy atom. The van der Waals surface area contributed by atoms with Crippen LogP contribution in [0.5, 0.6) is 0 Å². The van der Waals surface area contributed by atoms with Crippen molar-refractivity contribution in [3.8, 4) is 33.6 Å². The molecule has 198 valence electrons. The van der Waals surface area contributed by atoms with E-state index >= 15 is 0 Å². The van der Waals surface area contributed by atoms with Crippen LogP contribution in [0, 0.1) is 0 Å². The van der Waals surface area contributed by atoms with E-state index in [1.165, 1.54) is 50.0 Å². The number of halogens is 4. The molecule has 0 saturated heterocycles. The Morgan fingerprint density at radius 3 is 1.62 bits per heavy atom. The van der Waals surface area contributed by atoms with Crippen LogP contribution in [0.25, 0.3) is 44.4 Å². The van der Waals surface area contributed by atoms with Crippen LogP contribution >= 0.6 is 0 Å². The van der Waals surface area contributed by atoms with Crippen molar-refractivity contribution >= 4 is 18.0 Å². The number of benzene rings is 5. The predicted octanol–water partition coefficient (Wildman–Crippen LogP) is 9.48. The first-order chi connectivity index (χ1) is 19.4. The summed E-state index contributed by atoms with van der Waals surface area (Å²) in [7, 11) is -6.00. The molecule has 0 aliphatic heterocycles. The normalized spacial score (nSPS) is 11.1. The molecule has 1 nitrogen and oxygen atoms in total. The third-order valence-corrected chi connectivity index (χ3v) is 6.59. The van der Waals surface area contributed by atoms with E-state index in [-0.39, 0.29) is 0 Å². The number of nitrogens with zero attached hydrogens (tertiary/aromatic N) is 1. The minimum Gasteiger partial charge on any atom is -0.418 e. The smallest absolute Gasteiger partial charge is 0.418 e. The first kappa shape index (κ1) is 26.9. The summed E-state index contributed by atoms with van der Waals surface area (Å²) in [5, 5.41) is 2.52. The summed E-state index contributed by atoms with van der Waals surface area (Å²) in [6, 6.07) is 52.1. The lowest BCUT2D eigenvalue weighted by atomic mass is 9.96. The monoisotopic (exact) mass is 535 g/mol. The van der Waals surface area contributed by atoms with Crippen molar-refractivity contribution in [1.29, 1.82) is 0 Å². The third kappa shape index (κ3) is 6.64. The molecular formula is C34H26BF4N. The minimum absolute atomic E-state index is 0.790. The van der Waals surface area contributed by atoms with Crippen LogP contribution < -0.4 is 4.57 Å². The molecule has 0 N–H and O–H groups in total. The summed E-state index contributed by atoms with van der Waals surface area (Å²) in [6.45, 7) is 0.790. The van der Waals surface area contributed by atoms with Gasteiger partial charge in [0.1, 0.15) is 0 Å². The zero-order valence-corrected chi connectivity index (χ0v) is 21.6. The second kappa shape index (κ2) is 12.0.